The van der Waals surface area contributed by atoms with Crippen LogP contribution in [0.4, 0.5) is 17.1 Å². The largest absolute Gasteiger partial charge is 0.455 e. The number of anilines is 1. The summed E-state index contributed by atoms with van der Waals surface area (Å²) < 4.78 is 5.60. The van der Waals surface area contributed by atoms with Gasteiger partial charge < -0.3 is 4.42 Å². The SMILES string of the molecule is O=[N+]([O-])c1ccc(-c2ccc(/C=N\Nc3cccc([N+](=O)[O-])c3)o2)cc1. The Morgan fingerprint density at radius 2 is 1.65 bits per heavy atom. The Morgan fingerprint density at radius 1 is 0.923 bits per heavy atom. The number of benzene rings is 2. The molecule has 0 amide bonds. The molecule has 9 heteroatoms. The lowest BCUT2D eigenvalue weighted by Gasteiger charge is -1.99. The van der Waals surface area contributed by atoms with Crippen LogP contribution in [-0.2, 0) is 0 Å². The molecule has 1 N–H and O–H groups in total. The number of nitro groups is 2. The maximum Gasteiger partial charge on any atom is 0.271 e. The van der Waals surface area contributed by atoms with E-state index in [4.69, 9.17) is 4.42 Å². The van der Waals surface area contributed by atoms with E-state index >= 15 is 0 Å². The van der Waals surface area contributed by atoms with Gasteiger partial charge in [-0.2, -0.15) is 5.10 Å². The van der Waals surface area contributed by atoms with Crippen molar-refractivity contribution in [2.45, 2.75) is 0 Å². The summed E-state index contributed by atoms with van der Waals surface area (Å²) >= 11 is 0. The van der Waals surface area contributed by atoms with E-state index in [0.717, 1.165) is 0 Å². The lowest BCUT2D eigenvalue weighted by Crippen LogP contribution is -1.92. The van der Waals surface area contributed by atoms with E-state index in [1.54, 1.807) is 36.4 Å². The summed E-state index contributed by atoms with van der Waals surface area (Å²) in [4.78, 5) is 20.4. The van der Waals surface area contributed by atoms with Crippen LogP contribution >= 0.6 is 0 Å². The molecule has 9 nitrogen and oxygen atoms in total. The van der Waals surface area contributed by atoms with E-state index < -0.39 is 9.85 Å². The first-order valence-corrected chi connectivity index (χ1v) is 7.41. The summed E-state index contributed by atoms with van der Waals surface area (Å²) in [7, 11) is 0. The van der Waals surface area contributed by atoms with Gasteiger partial charge in [-0.05, 0) is 30.3 Å². The third kappa shape index (κ3) is 3.90. The Bertz CT molecular complexity index is 979. The predicted molar refractivity (Wildman–Crippen MR) is 95.1 cm³/mol. The van der Waals surface area contributed by atoms with Gasteiger partial charge in [0.1, 0.15) is 11.5 Å². The smallest absolute Gasteiger partial charge is 0.271 e. The highest BCUT2D eigenvalue weighted by Crippen LogP contribution is 2.24. The molecule has 1 heterocycles. The van der Waals surface area contributed by atoms with Gasteiger partial charge in [-0.1, -0.05) is 6.07 Å². The molecule has 0 aliphatic carbocycles. The molecule has 1 aromatic heterocycles. The summed E-state index contributed by atoms with van der Waals surface area (Å²) in [5.74, 6) is 0.994. The molecule has 0 fully saturated rings. The van der Waals surface area contributed by atoms with E-state index in [1.165, 1.54) is 30.5 Å². The van der Waals surface area contributed by atoms with Crippen molar-refractivity contribution in [2.75, 3.05) is 5.43 Å². The minimum absolute atomic E-state index is 0.00301. The molecule has 0 saturated heterocycles. The summed E-state index contributed by atoms with van der Waals surface area (Å²) in [5, 5.41) is 25.4. The third-order valence-corrected chi connectivity index (χ3v) is 3.43. The van der Waals surface area contributed by atoms with Crippen molar-refractivity contribution in [3.8, 4) is 11.3 Å². The maximum atomic E-state index is 10.7. The standard InChI is InChI=1S/C17H12N4O5/c22-20(23)14-6-4-12(5-7-14)17-9-8-16(26-17)11-18-19-13-2-1-3-15(10-13)21(24)25/h1-11,19H/b18-11-. The number of nitrogens with one attached hydrogen (secondary N) is 1. The van der Waals surface area contributed by atoms with Crippen LogP contribution in [0, 0.1) is 20.2 Å². The molecule has 0 bridgehead atoms. The van der Waals surface area contributed by atoms with Gasteiger partial charge in [0.25, 0.3) is 11.4 Å². The molecule has 0 aliphatic heterocycles. The number of nitro benzene ring substituents is 2. The van der Waals surface area contributed by atoms with Crippen molar-refractivity contribution in [3.05, 3.63) is 86.7 Å². The van der Waals surface area contributed by atoms with Crippen LogP contribution < -0.4 is 5.43 Å². The van der Waals surface area contributed by atoms with Gasteiger partial charge >= 0.3 is 0 Å². The number of non-ortho nitro benzene ring substituents is 2. The van der Waals surface area contributed by atoms with Crippen LogP contribution in [0.2, 0.25) is 0 Å². The molecule has 0 radical (unpaired) electrons. The van der Waals surface area contributed by atoms with Crippen LogP contribution in [0.5, 0.6) is 0 Å². The minimum atomic E-state index is -0.488. The van der Waals surface area contributed by atoms with Crippen LogP contribution in [-0.4, -0.2) is 16.1 Å². The zero-order valence-corrected chi connectivity index (χ0v) is 13.2. The quantitative estimate of drug-likeness (QED) is 0.402. The second-order valence-corrected chi connectivity index (χ2v) is 5.18. The van der Waals surface area contributed by atoms with E-state index in [2.05, 4.69) is 10.5 Å². The fraction of sp³-hybridized carbons (Fsp3) is 0. The van der Waals surface area contributed by atoms with Gasteiger partial charge in [0.2, 0.25) is 0 Å². The number of rotatable bonds is 6. The monoisotopic (exact) mass is 352 g/mol. The fourth-order valence-electron chi connectivity index (χ4n) is 2.18. The van der Waals surface area contributed by atoms with Gasteiger partial charge in [0, 0.05) is 29.8 Å². The molecular weight excluding hydrogens is 340 g/mol. The van der Waals surface area contributed by atoms with Crippen LogP contribution in [0.1, 0.15) is 5.76 Å². The molecule has 0 saturated carbocycles. The van der Waals surface area contributed by atoms with Gasteiger partial charge in [-0.15, -0.1) is 0 Å². The van der Waals surface area contributed by atoms with Gasteiger partial charge in [-0.3, -0.25) is 25.7 Å². The van der Waals surface area contributed by atoms with E-state index in [0.29, 0.717) is 22.8 Å². The first-order valence-electron chi connectivity index (χ1n) is 7.41. The number of hydrazone groups is 1. The maximum absolute atomic E-state index is 10.7. The third-order valence-electron chi connectivity index (χ3n) is 3.43. The lowest BCUT2D eigenvalue weighted by atomic mass is 10.1. The highest BCUT2D eigenvalue weighted by Gasteiger charge is 2.08. The van der Waals surface area contributed by atoms with Crippen molar-refractivity contribution in [1.82, 2.24) is 0 Å². The molecule has 3 rings (SSSR count). The van der Waals surface area contributed by atoms with Gasteiger partial charge in [0.05, 0.1) is 21.7 Å². The van der Waals surface area contributed by atoms with Crippen molar-refractivity contribution in [2.24, 2.45) is 5.10 Å². The molecule has 0 spiro atoms. The zero-order valence-electron chi connectivity index (χ0n) is 13.2. The molecule has 0 atom stereocenters. The first-order chi connectivity index (χ1) is 12.5. The topological polar surface area (TPSA) is 124 Å². The van der Waals surface area contributed by atoms with E-state index in [-0.39, 0.29) is 11.4 Å². The predicted octanol–water partition coefficient (Wildman–Crippen LogP) is 4.21. The van der Waals surface area contributed by atoms with E-state index in [1.807, 2.05) is 0 Å². The van der Waals surface area contributed by atoms with E-state index in [9.17, 15) is 20.2 Å². The molecule has 26 heavy (non-hydrogen) atoms. The minimum Gasteiger partial charge on any atom is -0.455 e. The van der Waals surface area contributed by atoms with Crippen molar-refractivity contribution < 1.29 is 14.3 Å². The molecule has 130 valence electrons. The molecular formula is C17H12N4O5. The lowest BCUT2D eigenvalue weighted by molar-refractivity contribution is -0.385. The summed E-state index contributed by atoms with van der Waals surface area (Å²) in [6.45, 7) is 0. The number of furan rings is 1. The Morgan fingerprint density at radius 3 is 2.35 bits per heavy atom. The fourth-order valence-corrected chi connectivity index (χ4v) is 2.18. The van der Waals surface area contributed by atoms with Crippen LogP contribution in [0.15, 0.2) is 70.2 Å². The molecule has 3 aromatic rings. The van der Waals surface area contributed by atoms with Crippen molar-refractivity contribution in [1.29, 1.82) is 0 Å². The second kappa shape index (κ2) is 7.26. The first kappa shape index (κ1) is 16.8. The average molecular weight is 352 g/mol. The Hall–Kier alpha value is -4.01. The normalized spacial score (nSPS) is 10.8. The van der Waals surface area contributed by atoms with Crippen LogP contribution in [0.3, 0.4) is 0 Å². The van der Waals surface area contributed by atoms with Gasteiger partial charge in [-0.25, -0.2) is 0 Å². The number of nitrogens with zero attached hydrogens (tertiary/aromatic N) is 3. The Labute approximate surface area is 146 Å². The molecule has 0 aliphatic rings. The van der Waals surface area contributed by atoms with Crippen LogP contribution in [0.25, 0.3) is 11.3 Å². The number of hydrogen-bond acceptors (Lipinski definition) is 7. The molecule has 0 unspecified atom stereocenters. The number of hydrogen-bond donors (Lipinski definition) is 1. The summed E-state index contributed by atoms with van der Waals surface area (Å²) in [6, 6.07) is 15.3. The average Bonchev–Trinajstić information content (AvgIpc) is 3.11. The summed E-state index contributed by atoms with van der Waals surface area (Å²) in [5.41, 5.74) is 3.82. The summed E-state index contributed by atoms with van der Waals surface area (Å²) in [6.07, 6.45) is 1.42. The van der Waals surface area contributed by atoms with Crippen molar-refractivity contribution >= 4 is 23.3 Å². The Kier molecular flexibility index (Phi) is 4.70. The van der Waals surface area contributed by atoms with Crippen molar-refractivity contribution in [3.63, 3.8) is 0 Å². The Balaban J connectivity index is 1.68. The molecule has 2 aromatic carbocycles. The highest BCUT2D eigenvalue weighted by molar-refractivity contribution is 5.78. The second-order valence-electron chi connectivity index (χ2n) is 5.18. The van der Waals surface area contributed by atoms with Gasteiger partial charge in [0.15, 0.2) is 0 Å². The zero-order chi connectivity index (χ0) is 18.5. The highest BCUT2D eigenvalue weighted by atomic mass is 16.6.